The maximum atomic E-state index is 11.8. The van der Waals surface area contributed by atoms with Gasteiger partial charge in [0.25, 0.3) is 0 Å². The van der Waals surface area contributed by atoms with Crippen LogP contribution in [0.25, 0.3) is 0 Å². The molecule has 0 aliphatic carbocycles. The highest BCUT2D eigenvalue weighted by atomic mass is 79.9. The molecule has 17 heavy (non-hydrogen) atoms. The molecule has 0 fully saturated rings. The van der Waals surface area contributed by atoms with Crippen LogP contribution < -0.4 is 5.73 Å². The molecule has 3 nitrogen and oxygen atoms in total. The van der Waals surface area contributed by atoms with E-state index in [0.717, 1.165) is 9.35 Å². The minimum atomic E-state index is -0.557. The molecule has 0 aromatic carbocycles. The van der Waals surface area contributed by atoms with Gasteiger partial charge in [-0.3, -0.25) is 4.79 Å². The topological polar surface area (TPSA) is 52.3 Å². The van der Waals surface area contributed by atoms with Crippen LogP contribution in [0.1, 0.15) is 38.1 Å². The predicted octanol–water partition coefficient (Wildman–Crippen LogP) is 3.49. The third-order valence-electron chi connectivity index (χ3n) is 2.54. The Kier molecular flexibility index (Phi) is 5.16. The van der Waals surface area contributed by atoms with Gasteiger partial charge >= 0.3 is 5.97 Å². The molecule has 0 radical (unpaired) electrons. The van der Waals surface area contributed by atoms with E-state index < -0.39 is 5.41 Å². The van der Waals surface area contributed by atoms with Gasteiger partial charge in [0.15, 0.2) is 0 Å². The third kappa shape index (κ3) is 3.79. The molecule has 0 aliphatic rings. The Morgan fingerprint density at radius 2 is 2.29 bits per heavy atom. The summed E-state index contributed by atoms with van der Waals surface area (Å²) in [6.07, 6.45) is 0.574. The van der Waals surface area contributed by atoms with Crippen LogP contribution in [-0.2, 0) is 9.53 Å². The standard InChI is InChI=1S/C12H18BrNO2S/c1-4-16-11(15)12(2,3)7-9(14)10-8(13)5-6-17-10/h5-6,9H,4,7,14H2,1-3H3. The highest BCUT2D eigenvalue weighted by molar-refractivity contribution is 9.10. The van der Waals surface area contributed by atoms with Crippen LogP contribution in [0, 0.1) is 5.41 Å². The summed E-state index contributed by atoms with van der Waals surface area (Å²) >= 11 is 5.06. The molecule has 0 saturated carbocycles. The molecule has 0 bridgehead atoms. The summed E-state index contributed by atoms with van der Waals surface area (Å²) in [5.74, 6) is -0.192. The second-order valence-electron chi connectivity index (χ2n) is 4.55. The SMILES string of the molecule is CCOC(=O)C(C)(C)CC(N)c1sccc1Br. The number of halogens is 1. The first-order valence-corrected chi connectivity index (χ1v) is 7.21. The average molecular weight is 320 g/mol. The molecular weight excluding hydrogens is 302 g/mol. The quantitative estimate of drug-likeness (QED) is 0.845. The van der Waals surface area contributed by atoms with Gasteiger partial charge in [-0.1, -0.05) is 0 Å². The highest BCUT2D eigenvalue weighted by Crippen LogP contribution is 2.35. The van der Waals surface area contributed by atoms with Crippen molar-refractivity contribution in [3.8, 4) is 0 Å². The fraction of sp³-hybridized carbons (Fsp3) is 0.583. The lowest BCUT2D eigenvalue weighted by atomic mass is 9.85. The number of carbonyl (C=O) groups excluding carboxylic acids is 1. The lowest BCUT2D eigenvalue weighted by Gasteiger charge is -2.25. The summed E-state index contributed by atoms with van der Waals surface area (Å²) in [5, 5.41) is 1.98. The summed E-state index contributed by atoms with van der Waals surface area (Å²) in [7, 11) is 0. The molecule has 0 saturated heterocycles. The van der Waals surface area contributed by atoms with Crippen molar-refractivity contribution in [2.75, 3.05) is 6.61 Å². The Morgan fingerprint density at radius 1 is 1.65 bits per heavy atom. The Balaban J connectivity index is 2.71. The second kappa shape index (κ2) is 5.98. The van der Waals surface area contributed by atoms with Crippen LogP contribution in [0.15, 0.2) is 15.9 Å². The van der Waals surface area contributed by atoms with E-state index >= 15 is 0 Å². The summed E-state index contributed by atoms with van der Waals surface area (Å²) in [5.41, 5.74) is 5.58. The Hall–Kier alpha value is -0.390. The molecule has 0 aliphatic heterocycles. The smallest absolute Gasteiger partial charge is 0.311 e. The van der Waals surface area contributed by atoms with Crippen LogP contribution in [-0.4, -0.2) is 12.6 Å². The summed E-state index contributed by atoms with van der Waals surface area (Å²) in [6, 6.07) is 1.82. The lowest BCUT2D eigenvalue weighted by molar-refractivity contribution is -0.154. The van der Waals surface area contributed by atoms with Crippen LogP contribution in [0.2, 0.25) is 0 Å². The molecule has 1 rings (SSSR count). The van der Waals surface area contributed by atoms with Gasteiger partial charge in [-0.05, 0) is 54.6 Å². The number of hydrogen-bond donors (Lipinski definition) is 1. The van der Waals surface area contributed by atoms with Crippen LogP contribution in [0.5, 0.6) is 0 Å². The number of ether oxygens (including phenoxy) is 1. The molecule has 1 aromatic rings. The van der Waals surface area contributed by atoms with E-state index in [1.807, 2.05) is 32.2 Å². The first kappa shape index (κ1) is 14.7. The number of hydrogen-bond acceptors (Lipinski definition) is 4. The van der Waals surface area contributed by atoms with Crippen LogP contribution in [0.3, 0.4) is 0 Å². The Bertz CT molecular complexity index is 390. The molecule has 1 heterocycles. The molecule has 0 amide bonds. The predicted molar refractivity (Wildman–Crippen MR) is 74.0 cm³/mol. The van der Waals surface area contributed by atoms with Crippen molar-refractivity contribution < 1.29 is 9.53 Å². The van der Waals surface area contributed by atoms with Crippen molar-refractivity contribution in [2.24, 2.45) is 11.1 Å². The van der Waals surface area contributed by atoms with Gasteiger partial charge < -0.3 is 10.5 Å². The van der Waals surface area contributed by atoms with Gasteiger partial charge in [0, 0.05) is 15.4 Å². The van der Waals surface area contributed by atoms with Crippen molar-refractivity contribution in [3.05, 3.63) is 20.8 Å². The summed E-state index contributed by atoms with van der Waals surface area (Å²) in [4.78, 5) is 12.8. The number of thiophene rings is 1. The zero-order valence-electron chi connectivity index (χ0n) is 10.3. The normalized spacial score (nSPS) is 13.5. The summed E-state index contributed by atoms with van der Waals surface area (Å²) < 4.78 is 6.06. The van der Waals surface area contributed by atoms with Crippen LogP contribution in [0.4, 0.5) is 0 Å². The van der Waals surface area contributed by atoms with E-state index in [0.29, 0.717) is 13.0 Å². The van der Waals surface area contributed by atoms with Crippen molar-refractivity contribution in [1.29, 1.82) is 0 Å². The van der Waals surface area contributed by atoms with Gasteiger partial charge in [-0.15, -0.1) is 11.3 Å². The van der Waals surface area contributed by atoms with E-state index in [1.165, 1.54) is 0 Å². The minimum Gasteiger partial charge on any atom is -0.466 e. The molecule has 5 heteroatoms. The van der Waals surface area contributed by atoms with Gasteiger partial charge in [0.05, 0.1) is 12.0 Å². The van der Waals surface area contributed by atoms with E-state index in [9.17, 15) is 4.79 Å². The zero-order chi connectivity index (χ0) is 13.1. The molecule has 1 atom stereocenters. The molecule has 0 spiro atoms. The zero-order valence-corrected chi connectivity index (χ0v) is 12.7. The Morgan fingerprint density at radius 3 is 2.76 bits per heavy atom. The highest BCUT2D eigenvalue weighted by Gasteiger charge is 2.32. The molecule has 1 unspecified atom stereocenters. The molecule has 96 valence electrons. The monoisotopic (exact) mass is 319 g/mol. The second-order valence-corrected chi connectivity index (χ2v) is 6.35. The number of esters is 1. The van der Waals surface area contributed by atoms with E-state index in [1.54, 1.807) is 11.3 Å². The minimum absolute atomic E-state index is 0.149. The fourth-order valence-corrected chi connectivity index (χ4v) is 3.29. The van der Waals surface area contributed by atoms with E-state index in [-0.39, 0.29) is 12.0 Å². The fourth-order valence-electron chi connectivity index (χ4n) is 1.62. The van der Waals surface area contributed by atoms with Crippen molar-refractivity contribution in [1.82, 2.24) is 0 Å². The van der Waals surface area contributed by atoms with Gasteiger partial charge in [-0.25, -0.2) is 0 Å². The van der Waals surface area contributed by atoms with Crippen molar-refractivity contribution >= 4 is 33.2 Å². The van der Waals surface area contributed by atoms with Crippen molar-refractivity contribution in [2.45, 2.75) is 33.2 Å². The van der Waals surface area contributed by atoms with Gasteiger partial charge in [0.1, 0.15) is 0 Å². The van der Waals surface area contributed by atoms with E-state index in [4.69, 9.17) is 10.5 Å². The average Bonchev–Trinajstić information content (AvgIpc) is 2.64. The first-order valence-electron chi connectivity index (χ1n) is 5.54. The third-order valence-corrected chi connectivity index (χ3v) is 4.54. The van der Waals surface area contributed by atoms with Crippen LogP contribution >= 0.6 is 27.3 Å². The van der Waals surface area contributed by atoms with Gasteiger partial charge in [0.2, 0.25) is 0 Å². The molecule has 1 aromatic heterocycles. The van der Waals surface area contributed by atoms with Gasteiger partial charge in [-0.2, -0.15) is 0 Å². The number of carbonyl (C=O) groups is 1. The number of rotatable bonds is 5. The summed E-state index contributed by atoms with van der Waals surface area (Å²) in [6.45, 7) is 5.95. The van der Waals surface area contributed by atoms with Crippen molar-refractivity contribution in [3.63, 3.8) is 0 Å². The largest absolute Gasteiger partial charge is 0.466 e. The number of nitrogens with two attached hydrogens (primary N) is 1. The first-order chi connectivity index (χ1) is 7.88. The van der Waals surface area contributed by atoms with E-state index in [2.05, 4.69) is 15.9 Å². The lowest BCUT2D eigenvalue weighted by Crippen LogP contribution is -2.30. The Labute approximate surface area is 114 Å². The maximum absolute atomic E-state index is 11.8. The maximum Gasteiger partial charge on any atom is 0.311 e. The molecular formula is C12H18BrNO2S. The molecule has 2 N–H and O–H groups in total.